The van der Waals surface area contributed by atoms with E-state index in [1.807, 2.05) is 6.07 Å². The minimum atomic E-state index is -0.726. The SMILES string of the molecule is O=C1C(=O)N(CC[NH+]2CCOCC2)[C@@H](c2ccco2)C1=C(O)c1ccccc1. The van der Waals surface area contributed by atoms with E-state index in [0.717, 1.165) is 13.1 Å². The lowest BCUT2D eigenvalue weighted by molar-refractivity contribution is -0.907. The third-order valence-electron chi connectivity index (χ3n) is 5.31. The van der Waals surface area contributed by atoms with Crippen LogP contribution >= 0.6 is 0 Å². The number of ketones is 1. The third-order valence-corrected chi connectivity index (χ3v) is 5.31. The Labute approximate surface area is 162 Å². The average Bonchev–Trinajstić information content (AvgIpc) is 3.35. The molecule has 0 radical (unpaired) electrons. The van der Waals surface area contributed by atoms with Crippen LogP contribution in [-0.2, 0) is 14.3 Å². The molecule has 2 aromatic rings. The molecule has 0 spiro atoms. The fourth-order valence-electron chi connectivity index (χ4n) is 3.79. The summed E-state index contributed by atoms with van der Waals surface area (Å²) < 4.78 is 10.9. The van der Waals surface area contributed by atoms with E-state index in [1.165, 1.54) is 16.1 Å². The van der Waals surface area contributed by atoms with Gasteiger partial charge in [-0.1, -0.05) is 30.3 Å². The topological polar surface area (TPSA) is 84.4 Å². The Morgan fingerprint density at radius 3 is 2.54 bits per heavy atom. The van der Waals surface area contributed by atoms with Gasteiger partial charge in [0.05, 0.1) is 38.1 Å². The van der Waals surface area contributed by atoms with E-state index in [9.17, 15) is 14.7 Å². The fourth-order valence-corrected chi connectivity index (χ4v) is 3.79. The number of hydrogen-bond donors (Lipinski definition) is 2. The van der Waals surface area contributed by atoms with Crippen LogP contribution in [0.1, 0.15) is 17.4 Å². The minimum Gasteiger partial charge on any atom is -0.507 e. The van der Waals surface area contributed by atoms with Crippen LogP contribution in [0.5, 0.6) is 0 Å². The van der Waals surface area contributed by atoms with Crippen LogP contribution < -0.4 is 4.90 Å². The molecular weight excluding hydrogens is 360 g/mol. The molecule has 2 aliphatic heterocycles. The molecule has 0 aliphatic carbocycles. The average molecular weight is 383 g/mol. The number of carbonyl (C=O) groups excluding carboxylic acids is 2. The standard InChI is InChI=1S/C21H22N2O5/c24-19(15-5-2-1-3-6-15)17-18(16-7-4-12-28-16)23(21(26)20(17)25)9-8-22-10-13-27-14-11-22/h1-7,12,18,24H,8-11,13-14H2/p+1/t18-/m0/s1. The van der Waals surface area contributed by atoms with Crippen molar-refractivity contribution in [2.45, 2.75) is 6.04 Å². The molecule has 2 fully saturated rings. The maximum Gasteiger partial charge on any atom is 0.295 e. The van der Waals surface area contributed by atoms with E-state index in [0.29, 0.717) is 37.6 Å². The molecule has 7 nitrogen and oxygen atoms in total. The number of furan rings is 1. The molecule has 2 aliphatic rings. The number of quaternary nitrogens is 1. The second-order valence-electron chi connectivity index (χ2n) is 6.99. The Morgan fingerprint density at radius 1 is 1.11 bits per heavy atom. The first-order valence-corrected chi connectivity index (χ1v) is 9.45. The van der Waals surface area contributed by atoms with E-state index in [-0.39, 0.29) is 11.3 Å². The number of amides is 1. The summed E-state index contributed by atoms with van der Waals surface area (Å²) >= 11 is 0. The molecule has 28 heavy (non-hydrogen) atoms. The van der Waals surface area contributed by atoms with Gasteiger partial charge in [-0.05, 0) is 12.1 Å². The van der Waals surface area contributed by atoms with Crippen molar-refractivity contribution in [1.29, 1.82) is 0 Å². The largest absolute Gasteiger partial charge is 0.507 e. The van der Waals surface area contributed by atoms with E-state index >= 15 is 0 Å². The maximum absolute atomic E-state index is 12.8. The highest BCUT2D eigenvalue weighted by Crippen LogP contribution is 2.39. The van der Waals surface area contributed by atoms with E-state index < -0.39 is 17.7 Å². The summed E-state index contributed by atoms with van der Waals surface area (Å²) in [6.45, 7) is 4.25. The van der Waals surface area contributed by atoms with Crippen LogP contribution in [0.4, 0.5) is 0 Å². The molecule has 7 heteroatoms. The molecule has 2 N–H and O–H groups in total. The first kappa shape index (κ1) is 18.5. The number of rotatable bonds is 5. The number of carbonyl (C=O) groups is 2. The highest BCUT2D eigenvalue weighted by Gasteiger charge is 2.47. The van der Waals surface area contributed by atoms with Gasteiger partial charge in [-0.25, -0.2) is 0 Å². The van der Waals surface area contributed by atoms with Gasteiger partial charge in [0, 0.05) is 5.56 Å². The molecular formula is C21H23N2O5+. The van der Waals surface area contributed by atoms with Crippen molar-refractivity contribution in [1.82, 2.24) is 4.90 Å². The summed E-state index contributed by atoms with van der Waals surface area (Å²) in [4.78, 5) is 28.4. The first-order valence-electron chi connectivity index (χ1n) is 9.45. The second-order valence-corrected chi connectivity index (χ2v) is 6.99. The normalized spacial score (nSPS) is 22.7. The quantitative estimate of drug-likeness (QED) is 0.449. The number of aliphatic hydroxyl groups is 1. The number of Topliss-reactive ketones (excluding diaryl/α,β-unsaturated/α-hetero) is 1. The van der Waals surface area contributed by atoms with Gasteiger partial charge in [-0.2, -0.15) is 0 Å². The smallest absolute Gasteiger partial charge is 0.295 e. The van der Waals surface area contributed by atoms with Gasteiger partial charge in [0.25, 0.3) is 11.7 Å². The molecule has 4 rings (SSSR count). The van der Waals surface area contributed by atoms with Gasteiger partial charge in [0.2, 0.25) is 0 Å². The van der Waals surface area contributed by atoms with Gasteiger partial charge < -0.3 is 24.1 Å². The van der Waals surface area contributed by atoms with Crippen molar-refractivity contribution < 1.29 is 28.7 Å². The van der Waals surface area contributed by atoms with Crippen LogP contribution in [0.25, 0.3) is 5.76 Å². The molecule has 146 valence electrons. The summed E-state index contributed by atoms with van der Waals surface area (Å²) in [5, 5.41) is 10.8. The van der Waals surface area contributed by atoms with E-state index in [1.54, 1.807) is 36.4 Å². The molecule has 2 saturated heterocycles. The predicted molar refractivity (Wildman–Crippen MR) is 101 cm³/mol. The lowest BCUT2D eigenvalue weighted by Gasteiger charge is -2.28. The summed E-state index contributed by atoms with van der Waals surface area (Å²) in [5.74, 6) is -0.999. The highest BCUT2D eigenvalue weighted by molar-refractivity contribution is 6.46. The fraction of sp³-hybridized carbons (Fsp3) is 0.333. The maximum atomic E-state index is 12.8. The molecule has 1 amide bonds. The van der Waals surface area contributed by atoms with Gasteiger partial charge in [0.15, 0.2) is 0 Å². The number of morpholine rings is 1. The summed E-state index contributed by atoms with van der Waals surface area (Å²) in [6, 6.07) is 11.5. The molecule has 1 aromatic heterocycles. The van der Waals surface area contributed by atoms with Gasteiger partial charge in [-0.15, -0.1) is 0 Å². The van der Waals surface area contributed by atoms with Crippen molar-refractivity contribution in [3.8, 4) is 0 Å². The van der Waals surface area contributed by atoms with Crippen molar-refractivity contribution >= 4 is 17.4 Å². The molecule has 1 aromatic carbocycles. The molecule has 1 atom stereocenters. The van der Waals surface area contributed by atoms with Crippen LogP contribution in [0.2, 0.25) is 0 Å². The number of benzene rings is 1. The summed E-state index contributed by atoms with van der Waals surface area (Å²) in [5.41, 5.74) is 0.569. The Kier molecular flexibility index (Phi) is 5.27. The van der Waals surface area contributed by atoms with Gasteiger partial charge >= 0.3 is 0 Å². The number of nitrogens with one attached hydrogen (secondary N) is 1. The lowest BCUT2D eigenvalue weighted by atomic mass is 9.99. The molecule has 0 unspecified atom stereocenters. The zero-order chi connectivity index (χ0) is 19.5. The summed E-state index contributed by atoms with van der Waals surface area (Å²) in [7, 11) is 0. The van der Waals surface area contributed by atoms with Crippen molar-refractivity contribution in [3.05, 3.63) is 65.6 Å². The lowest BCUT2D eigenvalue weighted by Crippen LogP contribution is -3.14. The Bertz CT molecular complexity index is 869. The molecule has 3 heterocycles. The number of hydrogen-bond acceptors (Lipinski definition) is 5. The Morgan fingerprint density at radius 2 is 1.86 bits per heavy atom. The van der Waals surface area contributed by atoms with E-state index in [4.69, 9.17) is 9.15 Å². The third kappa shape index (κ3) is 3.46. The number of ether oxygens (including phenoxy) is 1. The van der Waals surface area contributed by atoms with Crippen molar-refractivity contribution in [3.63, 3.8) is 0 Å². The van der Waals surface area contributed by atoms with Gasteiger partial charge in [0.1, 0.15) is 30.7 Å². The zero-order valence-electron chi connectivity index (χ0n) is 15.5. The highest BCUT2D eigenvalue weighted by atomic mass is 16.5. The Hall–Kier alpha value is -2.90. The van der Waals surface area contributed by atoms with Crippen molar-refractivity contribution in [2.75, 3.05) is 39.4 Å². The minimum absolute atomic E-state index is 0.0723. The molecule has 0 bridgehead atoms. The Balaban J connectivity index is 1.68. The van der Waals surface area contributed by atoms with Crippen molar-refractivity contribution in [2.24, 2.45) is 0 Å². The predicted octanol–water partition coefficient (Wildman–Crippen LogP) is 0.616. The van der Waals surface area contributed by atoms with Crippen LogP contribution in [-0.4, -0.2) is 61.1 Å². The molecule has 0 saturated carbocycles. The monoisotopic (exact) mass is 383 g/mol. The van der Waals surface area contributed by atoms with E-state index in [2.05, 4.69) is 0 Å². The van der Waals surface area contributed by atoms with Gasteiger partial charge in [-0.3, -0.25) is 9.59 Å². The van der Waals surface area contributed by atoms with Crippen LogP contribution in [0.3, 0.4) is 0 Å². The van der Waals surface area contributed by atoms with Crippen LogP contribution in [0, 0.1) is 0 Å². The first-order chi connectivity index (χ1) is 13.7. The van der Waals surface area contributed by atoms with Crippen LogP contribution in [0.15, 0.2) is 58.7 Å². The number of nitrogens with zero attached hydrogens (tertiary/aromatic N) is 1. The zero-order valence-corrected chi connectivity index (χ0v) is 15.5. The number of likely N-dealkylation sites (tertiary alicyclic amines) is 1. The number of aliphatic hydroxyl groups excluding tert-OH is 1. The summed E-state index contributed by atoms with van der Waals surface area (Å²) in [6.07, 6.45) is 1.51. The second kappa shape index (κ2) is 8.00.